The van der Waals surface area contributed by atoms with Crippen molar-refractivity contribution >= 4 is 5.96 Å². The van der Waals surface area contributed by atoms with E-state index in [1.165, 1.54) is 0 Å². The van der Waals surface area contributed by atoms with Crippen LogP contribution < -0.4 is 10.6 Å². The van der Waals surface area contributed by atoms with Gasteiger partial charge in [-0.15, -0.1) is 0 Å². The van der Waals surface area contributed by atoms with Crippen molar-refractivity contribution in [2.24, 2.45) is 4.99 Å². The van der Waals surface area contributed by atoms with Crippen LogP contribution in [0.2, 0.25) is 0 Å². The number of rotatable bonds is 7. The van der Waals surface area contributed by atoms with Gasteiger partial charge in [-0.25, -0.2) is 4.98 Å². The van der Waals surface area contributed by atoms with E-state index in [1.807, 2.05) is 0 Å². The first-order chi connectivity index (χ1) is 10.8. The van der Waals surface area contributed by atoms with Crippen LogP contribution in [0.25, 0.3) is 0 Å². The Labute approximate surface area is 140 Å². The van der Waals surface area contributed by atoms with E-state index in [-0.39, 0.29) is 5.41 Å². The second-order valence-electron chi connectivity index (χ2n) is 6.75. The van der Waals surface area contributed by atoms with Gasteiger partial charge in [-0.05, 0) is 20.0 Å². The summed E-state index contributed by atoms with van der Waals surface area (Å²) in [4.78, 5) is 11.0. The quantitative estimate of drug-likeness (QED) is 0.596. The molecule has 1 aromatic rings. The fourth-order valence-corrected chi connectivity index (χ4v) is 2.34. The fraction of sp³-hybridized carbons (Fsp3) is 0.765. The molecule has 1 rings (SSSR count). The predicted molar refractivity (Wildman–Crippen MR) is 95.8 cm³/mol. The molecule has 2 N–H and O–H groups in total. The molecule has 0 aliphatic heterocycles. The molecule has 132 valence electrons. The predicted octanol–water partition coefficient (Wildman–Crippen LogP) is 2.37. The minimum Gasteiger partial charge on any atom is -0.443 e. The first kappa shape index (κ1) is 19.5. The highest BCUT2D eigenvalue weighted by molar-refractivity contribution is 5.79. The molecule has 0 spiro atoms. The molecule has 1 aromatic heterocycles. The van der Waals surface area contributed by atoms with Gasteiger partial charge in [-0.2, -0.15) is 0 Å². The van der Waals surface area contributed by atoms with E-state index in [4.69, 9.17) is 4.42 Å². The second-order valence-corrected chi connectivity index (χ2v) is 6.75. The zero-order chi connectivity index (χ0) is 17.5. The van der Waals surface area contributed by atoms with Crippen molar-refractivity contribution in [3.05, 3.63) is 17.8 Å². The molecule has 1 atom stereocenters. The van der Waals surface area contributed by atoms with E-state index >= 15 is 0 Å². The van der Waals surface area contributed by atoms with Gasteiger partial charge in [0.2, 0.25) is 5.89 Å². The second kappa shape index (κ2) is 8.91. The van der Waals surface area contributed by atoms with Crippen molar-refractivity contribution in [3.63, 3.8) is 0 Å². The van der Waals surface area contributed by atoms with Gasteiger partial charge >= 0.3 is 0 Å². The van der Waals surface area contributed by atoms with E-state index in [0.29, 0.717) is 18.5 Å². The number of nitrogens with one attached hydrogen (secondary N) is 2. The summed E-state index contributed by atoms with van der Waals surface area (Å²) < 4.78 is 5.78. The number of guanidine groups is 1. The summed E-state index contributed by atoms with van der Waals surface area (Å²) in [6.45, 7) is 16.4. The highest BCUT2D eigenvalue weighted by Crippen LogP contribution is 2.22. The third-order valence-corrected chi connectivity index (χ3v) is 3.92. The highest BCUT2D eigenvalue weighted by Gasteiger charge is 2.19. The van der Waals surface area contributed by atoms with Crippen LogP contribution in [0.3, 0.4) is 0 Å². The molecule has 1 heterocycles. The monoisotopic (exact) mass is 323 g/mol. The maximum absolute atomic E-state index is 5.78. The first-order valence-corrected chi connectivity index (χ1v) is 8.45. The van der Waals surface area contributed by atoms with Gasteiger partial charge < -0.3 is 15.1 Å². The minimum atomic E-state index is -0.0234. The molecule has 0 radical (unpaired) electrons. The summed E-state index contributed by atoms with van der Waals surface area (Å²) in [7, 11) is 1.77. The molecule has 0 aliphatic rings. The Hall–Kier alpha value is -1.56. The molecular formula is C17H33N5O. The van der Waals surface area contributed by atoms with Crippen LogP contribution in [0.15, 0.2) is 15.6 Å². The average Bonchev–Trinajstić information content (AvgIpc) is 2.97. The number of hydrogen-bond donors (Lipinski definition) is 2. The number of hydrogen-bond acceptors (Lipinski definition) is 4. The molecule has 6 nitrogen and oxygen atoms in total. The summed E-state index contributed by atoms with van der Waals surface area (Å²) in [5.74, 6) is 2.33. The zero-order valence-corrected chi connectivity index (χ0v) is 15.7. The van der Waals surface area contributed by atoms with Crippen molar-refractivity contribution in [1.82, 2.24) is 20.5 Å². The van der Waals surface area contributed by atoms with Gasteiger partial charge in [0.05, 0.1) is 12.7 Å². The Morgan fingerprint density at radius 2 is 1.96 bits per heavy atom. The van der Waals surface area contributed by atoms with E-state index < -0.39 is 0 Å². The van der Waals surface area contributed by atoms with Gasteiger partial charge in [-0.1, -0.05) is 34.6 Å². The van der Waals surface area contributed by atoms with Gasteiger partial charge in [0.1, 0.15) is 5.76 Å². The van der Waals surface area contributed by atoms with E-state index in [9.17, 15) is 0 Å². The smallest absolute Gasteiger partial charge is 0.213 e. The number of aliphatic imine (C=N–C) groups is 1. The Kier molecular flexibility index (Phi) is 7.55. The van der Waals surface area contributed by atoms with Crippen molar-refractivity contribution in [2.45, 2.75) is 59.5 Å². The summed E-state index contributed by atoms with van der Waals surface area (Å²) in [6, 6.07) is 0.456. The molecule has 0 fully saturated rings. The molecule has 0 bridgehead atoms. The molecule has 0 aliphatic carbocycles. The molecule has 1 unspecified atom stereocenters. The molecule has 0 saturated heterocycles. The van der Waals surface area contributed by atoms with Crippen LogP contribution in [-0.2, 0) is 12.0 Å². The van der Waals surface area contributed by atoms with Crippen LogP contribution in [0.1, 0.15) is 53.2 Å². The Morgan fingerprint density at radius 1 is 1.30 bits per heavy atom. The largest absolute Gasteiger partial charge is 0.443 e. The van der Waals surface area contributed by atoms with Crippen LogP contribution in [0, 0.1) is 0 Å². The maximum atomic E-state index is 5.78. The molecular weight excluding hydrogens is 290 g/mol. The van der Waals surface area contributed by atoms with Crippen molar-refractivity contribution in [3.8, 4) is 0 Å². The van der Waals surface area contributed by atoms with Crippen molar-refractivity contribution < 1.29 is 4.42 Å². The lowest BCUT2D eigenvalue weighted by molar-refractivity contribution is 0.231. The highest BCUT2D eigenvalue weighted by atomic mass is 16.4. The standard InChI is InChI=1S/C17H33N5O/c1-8-22(9-2)13(3)10-20-16(18-7)21-12-15-19-11-14(23-15)17(4,5)6/h11,13H,8-10,12H2,1-7H3,(H2,18,20,21). The van der Waals surface area contributed by atoms with Gasteiger partial charge in [0, 0.05) is 25.0 Å². The van der Waals surface area contributed by atoms with Gasteiger partial charge in [-0.3, -0.25) is 9.89 Å². The van der Waals surface area contributed by atoms with Crippen LogP contribution in [0.5, 0.6) is 0 Å². The first-order valence-electron chi connectivity index (χ1n) is 8.45. The van der Waals surface area contributed by atoms with Crippen molar-refractivity contribution in [1.29, 1.82) is 0 Å². The van der Waals surface area contributed by atoms with Gasteiger partial charge in [0.25, 0.3) is 0 Å². The normalized spacial score (nSPS) is 14.2. The van der Waals surface area contributed by atoms with E-state index in [2.05, 4.69) is 67.1 Å². The fourth-order valence-electron chi connectivity index (χ4n) is 2.34. The molecule has 0 aromatic carbocycles. The Morgan fingerprint density at radius 3 is 2.43 bits per heavy atom. The molecule has 23 heavy (non-hydrogen) atoms. The summed E-state index contributed by atoms with van der Waals surface area (Å²) in [5, 5.41) is 6.60. The van der Waals surface area contributed by atoms with Crippen LogP contribution in [0.4, 0.5) is 0 Å². The summed E-state index contributed by atoms with van der Waals surface area (Å²) >= 11 is 0. The lowest BCUT2D eigenvalue weighted by Crippen LogP contribution is -2.45. The lowest BCUT2D eigenvalue weighted by Gasteiger charge is -2.27. The summed E-state index contributed by atoms with van der Waals surface area (Å²) in [6.07, 6.45) is 1.80. The van der Waals surface area contributed by atoms with Crippen LogP contribution >= 0.6 is 0 Å². The molecule has 6 heteroatoms. The Balaban J connectivity index is 2.47. The third kappa shape index (κ3) is 6.22. The summed E-state index contributed by atoms with van der Waals surface area (Å²) in [5.41, 5.74) is -0.0234. The average molecular weight is 323 g/mol. The zero-order valence-electron chi connectivity index (χ0n) is 15.7. The maximum Gasteiger partial charge on any atom is 0.213 e. The number of oxazole rings is 1. The van der Waals surface area contributed by atoms with E-state index in [1.54, 1.807) is 13.2 Å². The topological polar surface area (TPSA) is 65.7 Å². The van der Waals surface area contributed by atoms with Gasteiger partial charge in [0.15, 0.2) is 5.96 Å². The number of nitrogens with zero attached hydrogens (tertiary/aromatic N) is 3. The lowest BCUT2D eigenvalue weighted by atomic mass is 9.94. The SMILES string of the molecule is CCN(CC)C(C)CNC(=NC)NCc1ncc(C(C)(C)C)o1. The number of likely N-dealkylation sites (N-methyl/N-ethyl adjacent to an activating group) is 1. The van der Waals surface area contributed by atoms with Crippen LogP contribution in [-0.4, -0.2) is 48.6 Å². The Bertz CT molecular complexity index is 485. The van der Waals surface area contributed by atoms with E-state index in [0.717, 1.165) is 31.4 Å². The minimum absolute atomic E-state index is 0.0234. The van der Waals surface area contributed by atoms with Crippen molar-refractivity contribution in [2.75, 3.05) is 26.7 Å². The molecule has 0 saturated carbocycles. The third-order valence-electron chi connectivity index (χ3n) is 3.92. The number of aromatic nitrogens is 1. The molecule has 0 amide bonds.